The number of nitrogens with zero attached hydrogens (tertiary/aromatic N) is 2. The molecule has 24 heavy (non-hydrogen) atoms. The standard InChI is InChI=1S/C16H19N3O5/c1-2-6-12(20)18-9-10-19(16(18)24)15(23)17-13(14(21)22)11-7-4-3-5-8-11/h3-5,7-8,13H,2,6,9-10H2,1H3,(H,17,23)(H,21,22). The molecule has 0 saturated carbocycles. The Labute approximate surface area is 139 Å². The molecule has 8 nitrogen and oxygen atoms in total. The number of hydrogen-bond acceptors (Lipinski definition) is 4. The lowest BCUT2D eigenvalue weighted by molar-refractivity contribution is -0.139. The van der Waals surface area contributed by atoms with Crippen molar-refractivity contribution < 1.29 is 24.3 Å². The molecule has 0 aromatic heterocycles. The van der Waals surface area contributed by atoms with Crippen LogP contribution in [-0.4, -0.2) is 51.9 Å². The van der Waals surface area contributed by atoms with Gasteiger partial charge >= 0.3 is 18.0 Å². The van der Waals surface area contributed by atoms with Crippen LogP contribution < -0.4 is 5.32 Å². The fourth-order valence-corrected chi connectivity index (χ4v) is 2.44. The molecule has 1 saturated heterocycles. The molecule has 2 N–H and O–H groups in total. The Bertz CT molecular complexity index is 646. The number of nitrogens with one attached hydrogen (secondary N) is 1. The number of rotatable bonds is 5. The lowest BCUT2D eigenvalue weighted by Crippen LogP contribution is -2.46. The largest absolute Gasteiger partial charge is 0.479 e. The van der Waals surface area contributed by atoms with Gasteiger partial charge in [-0.2, -0.15) is 0 Å². The minimum absolute atomic E-state index is 0.0429. The van der Waals surface area contributed by atoms with E-state index >= 15 is 0 Å². The van der Waals surface area contributed by atoms with Gasteiger partial charge in [0.2, 0.25) is 5.91 Å². The second kappa shape index (κ2) is 7.58. The van der Waals surface area contributed by atoms with E-state index in [2.05, 4.69) is 5.32 Å². The van der Waals surface area contributed by atoms with Crippen molar-refractivity contribution in [3.05, 3.63) is 35.9 Å². The second-order valence-electron chi connectivity index (χ2n) is 5.36. The molecule has 0 bridgehead atoms. The van der Waals surface area contributed by atoms with Gasteiger partial charge < -0.3 is 10.4 Å². The monoisotopic (exact) mass is 333 g/mol. The molecule has 1 aliphatic rings. The number of carboxylic acid groups (broad SMARTS) is 1. The van der Waals surface area contributed by atoms with Gasteiger partial charge in [0.15, 0.2) is 6.04 Å². The van der Waals surface area contributed by atoms with Gasteiger partial charge in [-0.05, 0) is 12.0 Å². The van der Waals surface area contributed by atoms with Crippen LogP contribution in [0.4, 0.5) is 9.59 Å². The third-order valence-corrected chi connectivity index (χ3v) is 3.67. The molecule has 1 aromatic carbocycles. The predicted molar refractivity (Wildman–Crippen MR) is 84.1 cm³/mol. The Balaban J connectivity index is 2.07. The fourth-order valence-electron chi connectivity index (χ4n) is 2.44. The minimum Gasteiger partial charge on any atom is -0.479 e. The summed E-state index contributed by atoms with van der Waals surface area (Å²) in [6.07, 6.45) is 0.826. The zero-order chi connectivity index (χ0) is 17.7. The maximum absolute atomic E-state index is 12.3. The SMILES string of the molecule is CCCC(=O)N1CCN(C(=O)NC(C(=O)O)c2ccccc2)C1=O. The lowest BCUT2D eigenvalue weighted by Gasteiger charge is -2.20. The maximum Gasteiger partial charge on any atom is 0.334 e. The van der Waals surface area contributed by atoms with E-state index in [0.717, 1.165) is 9.80 Å². The Morgan fingerprint density at radius 2 is 1.79 bits per heavy atom. The summed E-state index contributed by atoms with van der Waals surface area (Å²) in [5.74, 6) is -1.57. The molecule has 1 atom stereocenters. The zero-order valence-electron chi connectivity index (χ0n) is 13.3. The van der Waals surface area contributed by atoms with Crippen molar-refractivity contribution in [2.24, 2.45) is 0 Å². The van der Waals surface area contributed by atoms with Crippen molar-refractivity contribution in [3.63, 3.8) is 0 Å². The molecule has 1 unspecified atom stereocenters. The number of benzene rings is 1. The first-order valence-electron chi connectivity index (χ1n) is 7.65. The first-order valence-corrected chi connectivity index (χ1v) is 7.65. The van der Waals surface area contributed by atoms with E-state index in [1.807, 2.05) is 6.92 Å². The van der Waals surface area contributed by atoms with E-state index in [0.29, 0.717) is 12.0 Å². The number of carboxylic acids is 1. The van der Waals surface area contributed by atoms with Crippen LogP contribution in [-0.2, 0) is 9.59 Å². The molecule has 0 radical (unpaired) electrons. The number of urea groups is 2. The van der Waals surface area contributed by atoms with Crippen molar-refractivity contribution >= 4 is 23.9 Å². The summed E-state index contributed by atoms with van der Waals surface area (Å²) in [7, 11) is 0. The Kier molecular flexibility index (Phi) is 5.51. The van der Waals surface area contributed by atoms with Crippen molar-refractivity contribution in [1.82, 2.24) is 15.1 Å². The number of imide groups is 2. The fraction of sp³-hybridized carbons (Fsp3) is 0.375. The Morgan fingerprint density at radius 3 is 2.38 bits per heavy atom. The average molecular weight is 333 g/mol. The molecular formula is C16H19N3O5. The highest BCUT2D eigenvalue weighted by molar-refractivity contribution is 6.03. The smallest absolute Gasteiger partial charge is 0.334 e. The van der Waals surface area contributed by atoms with Gasteiger partial charge in [-0.3, -0.25) is 9.69 Å². The van der Waals surface area contributed by atoms with Crippen LogP contribution in [0.3, 0.4) is 0 Å². The molecule has 1 fully saturated rings. The van der Waals surface area contributed by atoms with E-state index in [9.17, 15) is 24.3 Å². The van der Waals surface area contributed by atoms with Crippen molar-refractivity contribution in [3.8, 4) is 0 Å². The highest BCUT2D eigenvalue weighted by atomic mass is 16.4. The summed E-state index contributed by atoms with van der Waals surface area (Å²) in [6.45, 7) is 1.98. The molecule has 128 valence electrons. The predicted octanol–water partition coefficient (Wildman–Crippen LogP) is 1.59. The van der Waals surface area contributed by atoms with Gasteiger partial charge in [0, 0.05) is 13.0 Å². The minimum atomic E-state index is -1.27. The maximum atomic E-state index is 12.3. The first kappa shape index (κ1) is 17.5. The van der Waals surface area contributed by atoms with Crippen LogP contribution in [0.5, 0.6) is 0 Å². The Morgan fingerprint density at radius 1 is 1.17 bits per heavy atom. The summed E-state index contributed by atoms with van der Waals surface area (Å²) in [5.41, 5.74) is 0.393. The summed E-state index contributed by atoms with van der Waals surface area (Å²) in [4.78, 5) is 49.5. The molecule has 2 rings (SSSR count). The molecule has 8 heteroatoms. The van der Waals surface area contributed by atoms with Crippen molar-refractivity contribution in [2.45, 2.75) is 25.8 Å². The van der Waals surface area contributed by atoms with E-state index in [4.69, 9.17) is 0 Å². The van der Waals surface area contributed by atoms with Gasteiger partial charge in [-0.15, -0.1) is 0 Å². The van der Waals surface area contributed by atoms with Crippen LogP contribution >= 0.6 is 0 Å². The number of carbonyl (C=O) groups is 4. The van der Waals surface area contributed by atoms with E-state index in [-0.39, 0.29) is 25.4 Å². The zero-order valence-corrected chi connectivity index (χ0v) is 13.3. The molecule has 0 aliphatic carbocycles. The first-order chi connectivity index (χ1) is 11.5. The van der Waals surface area contributed by atoms with E-state index < -0.39 is 24.1 Å². The third kappa shape index (κ3) is 3.70. The van der Waals surface area contributed by atoms with Crippen LogP contribution in [0, 0.1) is 0 Å². The van der Waals surface area contributed by atoms with Crippen LogP contribution in [0.1, 0.15) is 31.4 Å². The number of carbonyl (C=O) groups excluding carboxylic acids is 3. The Hall–Kier alpha value is -2.90. The average Bonchev–Trinajstić information content (AvgIpc) is 2.95. The molecule has 1 heterocycles. The van der Waals surface area contributed by atoms with Crippen molar-refractivity contribution in [2.75, 3.05) is 13.1 Å². The molecule has 5 amide bonds. The highest BCUT2D eigenvalue weighted by Crippen LogP contribution is 2.16. The highest BCUT2D eigenvalue weighted by Gasteiger charge is 2.37. The van der Waals surface area contributed by atoms with Gasteiger partial charge in [0.25, 0.3) is 0 Å². The molecule has 0 spiro atoms. The lowest BCUT2D eigenvalue weighted by atomic mass is 10.1. The van der Waals surface area contributed by atoms with Crippen LogP contribution in [0.25, 0.3) is 0 Å². The number of hydrogen-bond donors (Lipinski definition) is 2. The molecule has 1 aromatic rings. The number of amides is 5. The quantitative estimate of drug-likeness (QED) is 0.851. The van der Waals surface area contributed by atoms with Crippen molar-refractivity contribution in [1.29, 1.82) is 0 Å². The molecule has 1 aliphatic heterocycles. The van der Waals surface area contributed by atoms with Gasteiger partial charge in [0.1, 0.15) is 0 Å². The molecular weight excluding hydrogens is 314 g/mol. The van der Waals surface area contributed by atoms with E-state index in [1.165, 1.54) is 0 Å². The van der Waals surface area contributed by atoms with Gasteiger partial charge in [-0.25, -0.2) is 19.3 Å². The summed E-state index contributed by atoms with van der Waals surface area (Å²) >= 11 is 0. The van der Waals surface area contributed by atoms with E-state index in [1.54, 1.807) is 30.3 Å². The van der Waals surface area contributed by atoms with Gasteiger partial charge in [-0.1, -0.05) is 37.3 Å². The second-order valence-corrected chi connectivity index (χ2v) is 5.36. The normalized spacial score (nSPS) is 15.3. The summed E-state index contributed by atoms with van der Waals surface area (Å²) in [6, 6.07) is 5.36. The third-order valence-electron chi connectivity index (χ3n) is 3.67. The van der Waals surface area contributed by atoms with Crippen LogP contribution in [0.15, 0.2) is 30.3 Å². The summed E-state index contributed by atoms with van der Waals surface area (Å²) in [5, 5.41) is 11.6. The summed E-state index contributed by atoms with van der Waals surface area (Å²) < 4.78 is 0. The van der Waals surface area contributed by atoms with Gasteiger partial charge in [0.05, 0.1) is 6.54 Å². The number of aliphatic carboxylic acids is 1. The topological polar surface area (TPSA) is 107 Å². The van der Waals surface area contributed by atoms with Crippen LogP contribution in [0.2, 0.25) is 0 Å².